The molecule has 0 aromatic rings. The van der Waals surface area contributed by atoms with Gasteiger partial charge in [0.05, 0.1) is 7.11 Å². The molecule has 21 heavy (non-hydrogen) atoms. The summed E-state index contributed by atoms with van der Waals surface area (Å²) >= 11 is 0. The smallest absolute Gasteiger partial charge is 0.326 e. The van der Waals surface area contributed by atoms with Crippen molar-refractivity contribution in [2.24, 2.45) is 29.6 Å². The third kappa shape index (κ3) is 2.51. The number of carboxylic acid groups (broad SMARTS) is 1. The normalized spacial score (nSPS) is 36.7. The highest BCUT2D eigenvalue weighted by Crippen LogP contribution is 2.69. The summed E-state index contributed by atoms with van der Waals surface area (Å²) in [6, 6.07) is -1.00. The lowest BCUT2D eigenvalue weighted by Gasteiger charge is -2.15. The molecule has 0 saturated heterocycles. The van der Waals surface area contributed by atoms with Crippen molar-refractivity contribution < 1.29 is 24.2 Å². The van der Waals surface area contributed by atoms with Gasteiger partial charge in [0.2, 0.25) is 5.91 Å². The van der Waals surface area contributed by atoms with Gasteiger partial charge in [0.25, 0.3) is 0 Å². The average molecular weight is 295 g/mol. The van der Waals surface area contributed by atoms with Gasteiger partial charge in [-0.15, -0.1) is 0 Å². The summed E-state index contributed by atoms with van der Waals surface area (Å²) in [5, 5.41) is 11.8. The van der Waals surface area contributed by atoms with Crippen LogP contribution in [0, 0.1) is 29.6 Å². The molecule has 0 spiro atoms. The van der Waals surface area contributed by atoms with E-state index in [9.17, 15) is 14.4 Å². The van der Waals surface area contributed by atoms with E-state index in [2.05, 4.69) is 10.1 Å². The summed E-state index contributed by atoms with van der Waals surface area (Å²) in [7, 11) is 1.26. The molecule has 3 saturated carbocycles. The quantitative estimate of drug-likeness (QED) is 0.707. The Kier molecular flexibility index (Phi) is 3.63. The second-order valence-corrected chi connectivity index (χ2v) is 6.53. The first-order valence-electron chi connectivity index (χ1n) is 7.63. The van der Waals surface area contributed by atoms with Crippen molar-refractivity contribution in [1.82, 2.24) is 5.32 Å². The zero-order chi connectivity index (χ0) is 15.1. The molecule has 3 rings (SSSR count). The van der Waals surface area contributed by atoms with Gasteiger partial charge in [-0.2, -0.15) is 0 Å². The molecule has 5 atom stereocenters. The number of hydrogen-bond donors (Lipinski definition) is 2. The van der Waals surface area contributed by atoms with Crippen LogP contribution in [0.1, 0.15) is 32.1 Å². The first kappa shape index (κ1) is 14.4. The first-order valence-corrected chi connectivity index (χ1v) is 7.63. The molecule has 0 aromatic carbocycles. The maximum absolute atomic E-state index is 12.3. The van der Waals surface area contributed by atoms with Crippen LogP contribution in [-0.4, -0.2) is 36.1 Å². The Morgan fingerprint density at radius 2 is 1.86 bits per heavy atom. The molecule has 0 aliphatic heterocycles. The van der Waals surface area contributed by atoms with Gasteiger partial charge >= 0.3 is 11.9 Å². The molecule has 3 fully saturated rings. The van der Waals surface area contributed by atoms with E-state index in [0.717, 1.165) is 0 Å². The van der Waals surface area contributed by atoms with Crippen LogP contribution < -0.4 is 5.32 Å². The highest BCUT2D eigenvalue weighted by molar-refractivity contribution is 5.87. The molecule has 4 unspecified atom stereocenters. The van der Waals surface area contributed by atoms with Crippen molar-refractivity contribution in [3.05, 3.63) is 0 Å². The summed E-state index contributed by atoms with van der Waals surface area (Å²) in [6.07, 6.45) is 3.77. The second-order valence-electron chi connectivity index (χ2n) is 6.53. The number of rotatable bonds is 6. The number of carbonyl (C=O) groups excluding carboxylic acids is 2. The van der Waals surface area contributed by atoms with Crippen LogP contribution in [0.15, 0.2) is 0 Å². The van der Waals surface area contributed by atoms with E-state index >= 15 is 0 Å². The average Bonchev–Trinajstić information content (AvgIpc) is 2.91. The number of amides is 1. The fourth-order valence-corrected chi connectivity index (χ4v) is 4.57. The van der Waals surface area contributed by atoms with Crippen LogP contribution in [-0.2, 0) is 19.1 Å². The summed E-state index contributed by atoms with van der Waals surface area (Å²) in [5.74, 6) is 0.633. The van der Waals surface area contributed by atoms with Gasteiger partial charge in [-0.05, 0) is 49.4 Å². The van der Waals surface area contributed by atoms with Gasteiger partial charge in [-0.25, -0.2) is 4.79 Å². The minimum absolute atomic E-state index is 0.00345. The Morgan fingerprint density at radius 1 is 1.24 bits per heavy atom. The topological polar surface area (TPSA) is 92.7 Å². The molecule has 2 N–H and O–H groups in total. The summed E-state index contributed by atoms with van der Waals surface area (Å²) in [6.45, 7) is 0. The van der Waals surface area contributed by atoms with Crippen molar-refractivity contribution in [3.8, 4) is 0 Å². The fourth-order valence-electron chi connectivity index (χ4n) is 4.57. The van der Waals surface area contributed by atoms with Gasteiger partial charge in [0.15, 0.2) is 0 Å². The van der Waals surface area contributed by atoms with Crippen LogP contribution in [0.25, 0.3) is 0 Å². The number of hydrogen-bond acceptors (Lipinski definition) is 4. The van der Waals surface area contributed by atoms with Gasteiger partial charge in [-0.1, -0.05) is 0 Å². The molecule has 116 valence electrons. The van der Waals surface area contributed by atoms with Crippen molar-refractivity contribution in [2.45, 2.75) is 38.1 Å². The van der Waals surface area contributed by atoms with Crippen molar-refractivity contribution in [3.63, 3.8) is 0 Å². The number of methoxy groups -OCH3 is 1. The number of carbonyl (C=O) groups is 3. The summed E-state index contributed by atoms with van der Waals surface area (Å²) < 4.78 is 4.50. The molecular formula is C15H21NO5. The maximum atomic E-state index is 12.3. The highest BCUT2D eigenvalue weighted by Gasteiger charge is 2.67. The number of esters is 1. The lowest BCUT2D eigenvalue weighted by Crippen LogP contribution is -2.42. The Bertz CT molecular complexity index is 461. The van der Waals surface area contributed by atoms with Gasteiger partial charge in [0, 0.05) is 12.3 Å². The van der Waals surface area contributed by atoms with Crippen molar-refractivity contribution >= 4 is 17.8 Å². The molecule has 2 bridgehead atoms. The van der Waals surface area contributed by atoms with Crippen LogP contribution in [0.5, 0.6) is 0 Å². The Balaban J connectivity index is 1.53. The van der Waals surface area contributed by atoms with Crippen LogP contribution in [0.3, 0.4) is 0 Å². The Hall–Kier alpha value is -1.59. The molecule has 1 amide bonds. The van der Waals surface area contributed by atoms with Gasteiger partial charge in [0.1, 0.15) is 6.04 Å². The van der Waals surface area contributed by atoms with E-state index in [4.69, 9.17) is 5.11 Å². The van der Waals surface area contributed by atoms with Gasteiger partial charge < -0.3 is 15.2 Å². The summed E-state index contributed by atoms with van der Waals surface area (Å²) in [5.41, 5.74) is 0. The zero-order valence-electron chi connectivity index (χ0n) is 12.1. The lowest BCUT2D eigenvalue weighted by molar-refractivity contribution is -0.144. The van der Waals surface area contributed by atoms with E-state index in [-0.39, 0.29) is 24.7 Å². The standard InChI is InChI=1S/C15H21NO5/c1-21-10(17)5-4-9(15(19)20)16-14(18)13-11-7-2-3-8(6-7)12(11)13/h7-9,11-13H,2-6H2,1H3,(H,16,18)(H,19,20)/t7?,8?,9-,11?,12?,13?/m0/s1. The third-order valence-corrected chi connectivity index (χ3v) is 5.52. The monoisotopic (exact) mass is 295 g/mol. The SMILES string of the molecule is COC(=O)CC[C@H](NC(=O)C1C2C3CCC(C3)C12)C(=O)O. The maximum Gasteiger partial charge on any atom is 0.326 e. The number of fused-ring (bicyclic) bond motifs is 5. The second kappa shape index (κ2) is 5.31. The third-order valence-electron chi connectivity index (χ3n) is 5.52. The van der Waals surface area contributed by atoms with Gasteiger partial charge in [-0.3, -0.25) is 9.59 Å². The molecule has 6 nitrogen and oxygen atoms in total. The number of ether oxygens (including phenoxy) is 1. The number of nitrogens with one attached hydrogen (secondary N) is 1. The van der Waals surface area contributed by atoms with E-state index in [0.29, 0.717) is 23.7 Å². The molecule has 3 aliphatic carbocycles. The van der Waals surface area contributed by atoms with Crippen LogP contribution in [0.4, 0.5) is 0 Å². The van der Waals surface area contributed by atoms with E-state index in [1.165, 1.54) is 26.4 Å². The van der Waals surface area contributed by atoms with Crippen molar-refractivity contribution in [2.75, 3.05) is 7.11 Å². The van der Waals surface area contributed by atoms with E-state index < -0.39 is 18.0 Å². The van der Waals surface area contributed by atoms with E-state index in [1.54, 1.807) is 0 Å². The number of carboxylic acids is 1. The largest absolute Gasteiger partial charge is 0.480 e. The highest BCUT2D eigenvalue weighted by atomic mass is 16.5. The molecular weight excluding hydrogens is 274 g/mol. The lowest BCUT2D eigenvalue weighted by atomic mass is 10.0. The van der Waals surface area contributed by atoms with Crippen molar-refractivity contribution in [1.29, 1.82) is 0 Å². The predicted molar refractivity (Wildman–Crippen MR) is 72.1 cm³/mol. The molecule has 6 heteroatoms. The molecule has 0 heterocycles. The zero-order valence-corrected chi connectivity index (χ0v) is 12.1. The first-order chi connectivity index (χ1) is 10.0. The number of aliphatic carboxylic acids is 1. The minimum Gasteiger partial charge on any atom is -0.480 e. The molecule has 3 aliphatic rings. The van der Waals surface area contributed by atoms with Crippen LogP contribution >= 0.6 is 0 Å². The molecule has 0 aromatic heterocycles. The fraction of sp³-hybridized carbons (Fsp3) is 0.800. The van der Waals surface area contributed by atoms with E-state index in [1.807, 2.05) is 0 Å². The summed E-state index contributed by atoms with van der Waals surface area (Å²) in [4.78, 5) is 34.6. The van der Waals surface area contributed by atoms with Crippen LogP contribution in [0.2, 0.25) is 0 Å². The Morgan fingerprint density at radius 3 is 2.38 bits per heavy atom. The minimum atomic E-state index is -1.10. The Labute approximate surface area is 123 Å². The predicted octanol–water partition coefficient (Wildman–Crippen LogP) is 0.801. The molecule has 0 radical (unpaired) electrons.